The van der Waals surface area contributed by atoms with Crippen LogP contribution in [0.4, 0.5) is 4.79 Å². The Labute approximate surface area is 137 Å². The number of nitrogens with one attached hydrogen (secondary N) is 2. The van der Waals surface area contributed by atoms with E-state index >= 15 is 0 Å². The Morgan fingerprint density at radius 2 is 2.09 bits per heavy atom. The molecule has 0 bridgehead atoms. The molecule has 7 heteroatoms. The first-order valence-electron chi connectivity index (χ1n) is 6.93. The standard InChI is InChI=1S/C15H18BrN3O3/c1-9(2)17-12(20)8-19-13(21)15(3,18-14(19)22)10-5-4-6-11(16)7-10/h4-7,9H,8H2,1-3H3,(H,17,20)(H,18,22)/t15-/m0/s1. The van der Waals surface area contributed by atoms with Gasteiger partial charge in [-0.25, -0.2) is 4.79 Å². The van der Waals surface area contributed by atoms with Gasteiger partial charge in [0.1, 0.15) is 12.1 Å². The highest BCUT2D eigenvalue weighted by atomic mass is 79.9. The maximum Gasteiger partial charge on any atom is 0.325 e. The normalized spacial score (nSPS) is 21.2. The lowest BCUT2D eigenvalue weighted by Gasteiger charge is -2.22. The summed E-state index contributed by atoms with van der Waals surface area (Å²) in [4.78, 5) is 37.5. The summed E-state index contributed by atoms with van der Waals surface area (Å²) in [5.74, 6) is -0.800. The molecule has 1 aromatic carbocycles. The Bertz CT molecular complexity index is 632. The SMILES string of the molecule is CC(C)NC(=O)CN1C(=O)N[C@@](C)(c2cccc(Br)c2)C1=O. The molecule has 1 heterocycles. The summed E-state index contributed by atoms with van der Waals surface area (Å²) in [7, 11) is 0. The monoisotopic (exact) mass is 367 g/mol. The van der Waals surface area contributed by atoms with Gasteiger partial charge in [-0.2, -0.15) is 0 Å². The number of amides is 4. The Morgan fingerprint density at radius 3 is 2.68 bits per heavy atom. The summed E-state index contributed by atoms with van der Waals surface area (Å²) in [6.07, 6.45) is 0. The molecule has 1 aliphatic rings. The van der Waals surface area contributed by atoms with Crippen LogP contribution in [0.1, 0.15) is 26.3 Å². The second-order valence-electron chi connectivity index (χ2n) is 5.68. The van der Waals surface area contributed by atoms with Gasteiger partial charge in [0.2, 0.25) is 5.91 Å². The predicted molar refractivity (Wildman–Crippen MR) is 85.0 cm³/mol. The average Bonchev–Trinajstić information content (AvgIpc) is 2.63. The fourth-order valence-corrected chi connectivity index (χ4v) is 2.75. The molecule has 1 aromatic rings. The molecule has 0 spiro atoms. The topological polar surface area (TPSA) is 78.5 Å². The molecule has 1 saturated heterocycles. The van der Waals surface area contributed by atoms with Crippen LogP contribution in [0.15, 0.2) is 28.7 Å². The van der Waals surface area contributed by atoms with Gasteiger partial charge in [-0.3, -0.25) is 14.5 Å². The zero-order chi connectivity index (χ0) is 16.5. The molecule has 2 rings (SSSR count). The van der Waals surface area contributed by atoms with Gasteiger partial charge < -0.3 is 10.6 Å². The summed E-state index contributed by atoms with van der Waals surface area (Å²) in [6.45, 7) is 4.98. The summed E-state index contributed by atoms with van der Waals surface area (Å²) in [5, 5.41) is 5.34. The molecule has 1 aliphatic heterocycles. The van der Waals surface area contributed by atoms with Gasteiger partial charge in [0.05, 0.1) is 0 Å². The maximum absolute atomic E-state index is 12.6. The summed E-state index contributed by atoms with van der Waals surface area (Å²) in [6, 6.07) is 6.55. The highest BCUT2D eigenvalue weighted by Crippen LogP contribution is 2.30. The number of benzene rings is 1. The van der Waals surface area contributed by atoms with Gasteiger partial charge in [0.25, 0.3) is 5.91 Å². The Morgan fingerprint density at radius 1 is 1.41 bits per heavy atom. The molecule has 1 atom stereocenters. The van der Waals surface area contributed by atoms with Crippen molar-refractivity contribution in [3.63, 3.8) is 0 Å². The lowest BCUT2D eigenvalue weighted by Crippen LogP contribution is -2.44. The third-order valence-corrected chi connectivity index (χ3v) is 3.92. The first-order valence-corrected chi connectivity index (χ1v) is 7.73. The predicted octanol–water partition coefficient (Wildman–Crippen LogP) is 1.74. The molecule has 6 nitrogen and oxygen atoms in total. The van der Waals surface area contributed by atoms with Gasteiger partial charge in [-0.1, -0.05) is 28.1 Å². The molecule has 0 unspecified atom stereocenters. The highest BCUT2D eigenvalue weighted by Gasteiger charge is 2.49. The van der Waals surface area contributed by atoms with Crippen molar-refractivity contribution in [2.45, 2.75) is 32.4 Å². The van der Waals surface area contributed by atoms with Crippen molar-refractivity contribution < 1.29 is 14.4 Å². The maximum atomic E-state index is 12.6. The average molecular weight is 368 g/mol. The molecule has 1 fully saturated rings. The van der Waals surface area contributed by atoms with Gasteiger partial charge in [-0.15, -0.1) is 0 Å². The van der Waals surface area contributed by atoms with Gasteiger partial charge >= 0.3 is 6.03 Å². The highest BCUT2D eigenvalue weighted by molar-refractivity contribution is 9.10. The Kier molecular flexibility index (Phi) is 4.55. The number of urea groups is 1. The van der Waals surface area contributed by atoms with Crippen molar-refractivity contribution in [2.75, 3.05) is 6.54 Å². The van der Waals surface area contributed by atoms with E-state index in [1.165, 1.54) is 0 Å². The zero-order valence-corrected chi connectivity index (χ0v) is 14.2. The number of imide groups is 1. The largest absolute Gasteiger partial charge is 0.352 e. The Balaban J connectivity index is 2.23. The second-order valence-corrected chi connectivity index (χ2v) is 6.59. The van der Waals surface area contributed by atoms with Gasteiger partial charge in [0.15, 0.2) is 0 Å². The number of halogens is 1. The number of carbonyl (C=O) groups is 3. The van der Waals surface area contributed by atoms with Crippen LogP contribution in [0, 0.1) is 0 Å². The quantitative estimate of drug-likeness (QED) is 0.795. The number of rotatable bonds is 4. The number of hydrogen-bond donors (Lipinski definition) is 2. The number of carbonyl (C=O) groups excluding carboxylic acids is 3. The van der Waals surface area contributed by atoms with Crippen molar-refractivity contribution in [3.8, 4) is 0 Å². The van der Waals surface area contributed by atoms with Crippen molar-refractivity contribution in [1.29, 1.82) is 0 Å². The first kappa shape index (κ1) is 16.5. The van der Waals surface area contributed by atoms with E-state index in [1.807, 2.05) is 19.9 Å². The molecule has 4 amide bonds. The van der Waals surface area contributed by atoms with Crippen LogP contribution in [0.5, 0.6) is 0 Å². The minimum Gasteiger partial charge on any atom is -0.352 e. The van der Waals surface area contributed by atoms with Crippen molar-refractivity contribution in [1.82, 2.24) is 15.5 Å². The smallest absolute Gasteiger partial charge is 0.325 e. The van der Waals surface area contributed by atoms with Gasteiger partial charge in [0, 0.05) is 10.5 Å². The molecule has 0 aromatic heterocycles. The minimum absolute atomic E-state index is 0.0512. The van der Waals surface area contributed by atoms with Crippen LogP contribution in [-0.2, 0) is 15.1 Å². The summed E-state index contributed by atoms with van der Waals surface area (Å²) < 4.78 is 0.810. The molecule has 22 heavy (non-hydrogen) atoms. The Hall–Kier alpha value is -1.89. The van der Waals surface area contributed by atoms with Crippen LogP contribution >= 0.6 is 15.9 Å². The van der Waals surface area contributed by atoms with Crippen LogP contribution < -0.4 is 10.6 Å². The lowest BCUT2D eigenvalue weighted by molar-refractivity contribution is -0.135. The van der Waals surface area contributed by atoms with Crippen molar-refractivity contribution >= 4 is 33.8 Å². The van der Waals surface area contributed by atoms with Crippen molar-refractivity contribution in [2.24, 2.45) is 0 Å². The van der Waals surface area contributed by atoms with E-state index in [4.69, 9.17) is 0 Å². The van der Waals surface area contributed by atoms with E-state index in [0.717, 1.165) is 9.37 Å². The van der Waals surface area contributed by atoms with E-state index in [0.29, 0.717) is 5.56 Å². The van der Waals surface area contributed by atoms with E-state index in [2.05, 4.69) is 26.6 Å². The molecular formula is C15H18BrN3O3. The van der Waals surface area contributed by atoms with Crippen LogP contribution in [0.3, 0.4) is 0 Å². The molecule has 0 saturated carbocycles. The number of hydrogen-bond acceptors (Lipinski definition) is 3. The fourth-order valence-electron chi connectivity index (χ4n) is 2.35. The van der Waals surface area contributed by atoms with Crippen LogP contribution in [-0.4, -0.2) is 35.3 Å². The number of nitrogens with zero attached hydrogens (tertiary/aromatic N) is 1. The summed E-state index contributed by atoms with van der Waals surface area (Å²) >= 11 is 3.35. The molecule has 2 N–H and O–H groups in total. The van der Waals surface area contributed by atoms with Crippen LogP contribution in [0.25, 0.3) is 0 Å². The van der Waals surface area contributed by atoms with Crippen LogP contribution in [0.2, 0.25) is 0 Å². The lowest BCUT2D eigenvalue weighted by atomic mass is 9.92. The van der Waals surface area contributed by atoms with E-state index in [1.54, 1.807) is 25.1 Å². The van der Waals surface area contributed by atoms with E-state index in [9.17, 15) is 14.4 Å². The van der Waals surface area contributed by atoms with Crippen molar-refractivity contribution in [3.05, 3.63) is 34.3 Å². The molecular weight excluding hydrogens is 350 g/mol. The third-order valence-electron chi connectivity index (χ3n) is 3.43. The molecule has 0 aliphatic carbocycles. The zero-order valence-electron chi connectivity index (χ0n) is 12.6. The molecule has 0 radical (unpaired) electrons. The first-order chi connectivity index (χ1) is 10.2. The minimum atomic E-state index is -1.17. The fraction of sp³-hybridized carbons (Fsp3) is 0.400. The van der Waals surface area contributed by atoms with Gasteiger partial charge in [-0.05, 0) is 38.5 Å². The third kappa shape index (κ3) is 3.14. The summed E-state index contributed by atoms with van der Waals surface area (Å²) in [5.41, 5.74) is -0.508. The van der Waals surface area contributed by atoms with E-state index in [-0.39, 0.29) is 18.5 Å². The molecule has 118 valence electrons. The van der Waals surface area contributed by atoms with E-state index < -0.39 is 17.5 Å². The second kappa shape index (κ2) is 6.08.